The van der Waals surface area contributed by atoms with E-state index >= 15 is 0 Å². The number of aryl methyl sites for hydroxylation is 1. The Morgan fingerprint density at radius 2 is 2.32 bits per heavy atom. The molecule has 1 fully saturated rings. The first-order chi connectivity index (χ1) is 10.6. The van der Waals surface area contributed by atoms with Gasteiger partial charge in [0, 0.05) is 30.7 Å². The van der Waals surface area contributed by atoms with Crippen molar-refractivity contribution in [3.8, 4) is 0 Å². The lowest BCUT2D eigenvalue weighted by Gasteiger charge is -2.32. The number of hydrogen-bond acceptors (Lipinski definition) is 4. The van der Waals surface area contributed by atoms with Crippen molar-refractivity contribution in [2.75, 3.05) is 19.7 Å². The number of aromatic amines is 1. The molecule has 0 aliphatic carbocycles. The van der Waals surface area contributed by atoms with E-state index in [2.05, 4.69) is 15.1 Å². The van der Waals surface area contributed by atoms with E-state index in [9.17, 15) is 4.79 Å². The minimum atomic E-state index is -0.207. The van der Waals surface area contributed by atoms with Crippen LogP contribution in [0.15, 0.2) is 18.5 Å². The summed E-state index contributed by atoms with van der Waals surface area (Å²) >= 11 is 0. The van der Waals surface area contributed by atoms with Gasteiger partial charge >= 0.3 is 0 Å². The number of hydrogen-bond donors (Lipinski definition) is 1. The third kappa shape index (κ3) is 2.76. The summed E-state index contributed by atoms with van der Waals surface area (Å²) in [5, 5.41) is 4.23. The summed E-state index contributed by atoms with van der Waals surface area (Å²) in [4.78, 5) is 22.0. The third-order valence-corrected chi connectivity index (χ3v) is 3.76. The molecule has 1 saturated heterocycles. The van der Waals surface area contributed by atoms with Crippen LogP contribution < -0.4 is 0 Å². The third-order valence-electron chi connectivity index (χ3n) is 3.76. The molecule has 7 heteroatoms. The van der Waals surface area contributed by atoms with Crippen LogP contribution in [0.5, 0.6) is 0 Å². The molecular formula is C15H21N5O2. The number of rotatable bonds is 3. The number of imidazole rings is 1. The van der Waals surface area contributed by atoms with Gasteiger partial charge in [-0.3, -0.25) is 9.48 Å². The van der Waals surface area contributed by atoms with Crippen LogP contribution in [0.4, 0.5) is 0 Å². The van der Waals surface area contributed by atoms with Gasteiger partial charge in [-0.1, -0.05) is 0 Å². The van der Waals surface area contributed by atoms with Crippen LogP contribution >= 0.6 is 0 Å². The molecule has 0 unspecified atom stereocenters. The molecule has 1 aliphatic heterocycles. The maximum atomic E-state index is 12.7. The number of morpholine rings is 1. The molecule has 118 valence electrons. The van der Waals surface area contributed by atoms with Crippen molar-refractivity contribution >= 4 is 5.91 Å². The predicted octanol–water partition coefficient (Wildman–Crippen LogP) is 1.71. The van der Waals surface area contributed by atoms with Crippen molar-refractivity contribution in [2.24, 2.45) is 0 Å². The standard InChI is InChI=1S/C15H21N5O2/c1-10(2)20-12(4-5-17-20)15(21)19-6-7-22-13(9-19)14-16-8-11(3)18-14/h4-5,8,10,13H,6-7,9H2,1-3H3,(H,16,18)/t13-/m0/s1. The molecule has 7 nitrogen and oxygen atoms in total. The van der Waals surface area contributed by atoms with Crippen LogP contribution in [-0.4, -0.2) is 50.3 Å². The second kappa shape index (κ2) is 5.92. The van der Waals surface area contributed by atoms with Crippen molar-refractivity contribution in [2.45, 2.75) is 32.9 Å². The molecule has 1 amide bonds. The van der Waals surface area contributed by atoms with Crippen LogP contribution in [0.25, 0.3) is 0 Å². The highest BCUT2D eigenvalue weighted by Gasteiger charge is 2.29. The predicted molar refractivity (Wildman–Crippen MR) is 80.5 cm³/mol. The molecule has 0 bridgehead atoms. The number of carbonyl (C=O) groups is 1. The number of nitrogens with one attached hydrogen (secondary N) is 1. The highest BCUT2D eigenvalue weighted by Crippen LogP contribution is 2.21. The Morgan fingerprint density at radius 1 is 1.50 bits per heavy atom. The van der Waals surface area contributed by atoms with Gasteiger partial charge in [-0.2, -0.15) is 5.10 Å². The van der Waals surface area contributed by atoms with Gasteiger partial charge in [0.15, 0.2) is 0 Å². The maximum absolute atomic E-state index is 12.7. The first-order valence-corrected chi connectivity index (χ1v) is 7.52. The highest BCUT2D eigenvalue weighted by molar-refractivity contribution is 5.92. The lowest BCUT2D eigenvalue weighted by Crippen LogP contribution is -2.43. The zero-order valence-corrected chi connectivity index (χ0v) is 13.1. The second-order valence-electron chi connectivity index (χ2n) is 5.82. The molecule has 0 spiro atoms. The summed E-state index contributed by atoms with van der Waals surface area (Å²) in [5.41, 5.74) is 1.60. The highest BCUT2D eigenvalue weighted by atomic mass is 16.5. The Hall–Kier alpha value is -2.15. The molecule has 3 rings (SSSR count). The van der Waals surface area contributed by atoms with Gasteiger partial charge in [-0.15, -0.1) is 0 Å². The molecule has 2 aromatic rings. The normalized spacial score (nSPS) is 18.9. The van der Waals surface area contributed by atoms with E-state index < -0.39 is 0 Å². The number of H-pyrrole nitrogens is 1. The van der Waals surface area contributed by atoms with Gasteiger partial charge < -0.3 is 14.6 Å². The summed E-state index contributed by atoms with van der Waals surface area (Å²) in [6.07, 6.45) is 3.23. The van der Waals surface area contributed by atoms with E-state index in [4.69, 9.17) is 4.74 Å². The largest absolute Gasteiger partial charge is 0.367 e. The fourth-order valence-corrected chi connectivity index (χ4v) is 2.65. The summed E-state index contributed by atoms with van der Waals surface area (Å²) in [7, 11) is 0. The molecule has 0 saturated carbocycles. The minimum absolute atomic E-state index is 0.0113. The van der Waals surface area contributed by atoms with E-state index in [0.29, 0.717) is 25.4 Å². The smallest absolute Gasteiger partial charge is 0.272 e. The Morgan fingerprint density at radius 3 is 3.00 bits per heavy atom. The van der Waals surface area contributed by atoms with E-state index in [-0.39, 0.29) is 18.1 Å². The minimum Gasteiger partial charge on any atom is -0.367 e. The van der Waals surface area contributed by atoms with Crippen LogP contribution in [0.3, 0.4) is 0 Å². The lowest BCUT2D eigenvalue weighted by molar-refractivity contribution is -0.0268. The zero-order valence-electron chi connectivity index (χ0n) is 13.1. The van der Waals surface area contributed by atoms with Gasteiger partial charge in [0.2, 0.25) is 0 Å². The second-order valence-corrected chi connectivity index (χ2v) is 5.82. The monoisotopic (exact) mass is 303 g/mol. The average molecular weight is 303 g/mol. The zero-order chi connectivity index (χ0) is 15.7. The molecule has 1 N–H and O–H groups in total. The van der Waals surface area contributed by atoms with E-state index in [1.165, 1.54) is 0 Å². The Bertz CT molecular complexity index is 660. The van der Waals surface area contributed by atoms with Crippen molar-refractivity contribution in [3.63, 3.8) is 0 Å². The van der Waals surface area contributed by atoms with Crippen LogP contribution in [-0.2, 0) is 4.74 Å². The molecular weight excluding hydrogens is 282 g/mol. The number of nitrogens with zero attached hydrogens (tertiary/aromatic N) is 4. The van der Waals surface area contributed by atoms with Crippen molar-refractivity contribution < 1.29 is 9.53 Å². The molecule has 22 heavy (non-hydrogen) atoms. The topological polar surface area (TPSA) is 76.0 Å². The maximum Gasteiger partial charge on any atom is 0.272 e. The summed E-state index contributed by atoms with van der Waals surface area (Å²) < 4.78 is 7.50. The Labute approximate surface area is 129 Å². The average Bonchev–Trinajstić information content (AvgIpc) is 3.15. The SMILES string of the molecule is Cc1cnc([C@@H]2CN(C(=O)c3ccnn3C(C)C)CCO2)[nH]1. The van der Waals surface area contributed by atoms with Gasteiger partial charge in [0.25, 0.3) is 5.91 Å². The van der Waals surface area contributed by atoms with Crippen LogP contribution in [0.1, 0.15) is 48.0 Å². The first-order valence-electron chi connectivity index (χ1n) is 7.52. The summed E-state index contributed by atoms with van der Waals surface area (Å²) in [6, 6.07) is 1.92. The molecule has 2 aromatic heterocycles. The van der Waals surface area contributed by atoms with Gasteiger partial charge in [0.05, 0.1) is 13.2 Å². The molecule has 0 aromatic carbocycles. The lowest BCUT2D eigenvalue weighted by atomic mass is 10.2. The van der Waals surface area contributed by atoms with E-state index in [1.807, 2.05) is 25.7 Å². The fraction of sp³-hybridized carbons (Fsp3) is 0.533. The summed E-state index contributed by atoms with van der Waals surface area (Å²) in [5.74, 6) is 0.759. The number of ether oxygens (including phenoxy) is 1. The number of aromatic nitrogens is 4. The van der Waals surface area contributed by atoms with Crippen molar-refractivity contribution in [3.05, 3.63) is 35.7 Å². The number of carbonyl (C=O) groups excluding carboxylic acids is 1. The Balaban J connectivity index is 1.77. The fourth-order valence-electron chi connectivity index (χ4n) is 2.65. The quantitative estimate of drug-likeness (QED) is 0.936. The van der Waals surface area contributed by atoms with E-state index in [0.717, 1.165) is 11.5 Å². The van der Waals surface area contributed by atoms with Crippen LogP contribution in [0.2, 0.25) is 0 Å². The molecule has 0 radical (unpaired) electrons. The number of amides is 1. The van der Waals surface area contributed by atoms with Crippen molar-refractivity contribution in [1.29, 1.82) is 0 Å². The van der Waals surface area contributed by atoms with Gasteiger partial charge in [-0.25, -0.2) is 4.98 Å². The first kappa shape index (κ1) is 14.8. The molecule has 3 heterocycles. The van der Waals surface area contributed by atoms with E-state index in [1.54, 1.807) is 23.1 Å². The Kier molecular flexibility index (Phi) is 3.98. The molecule has 1 atom stereocenters. The molecule has 1 aliphatic rings. The van der Waals surface area contributed by atoms with Gasteiger partial charge in [0.1, 0.15) is 17.6 Å². The van der Waals surface area contributed by atoms with Gasteiger partial charge in [-0.05, 0) is 26.8 Å². The van der Waals surface area contributed by atoms with Crippen LogP contribution in [0, 0.1) is 6.92 Å². The van der Waals surface area contributed by atoms with Crippen molar-refractivity contribution in [1.82, 2.24) is 24.6 Å². The summed E-state index contributed by atoms with van der Waals surface area (Å²) in [6.45, 7) is 7.55.